The zero-order valence-electron chi connectivity index (χ0n) is 16.0. The molecule has 23 heavy (non-hydrogen) atoms. The van der Waals surface area contributed by atoms with Crippen LogP contribution in [0.1, 0.15) is 58.4 Å². The molecular formula is C21H32N2. The summed E-state index contributed by atoms with van der Waals surface area (Å²) in [5, 5.41) is 0. The highest BCUT2D eigenvalue weighted by Gasteiger charge is 2.21. The van der Waals surface area contributed by atoms with Crippen molar-refractivity contribution in [2.45, 2.75) is 58.9 Å². The molecule has 126 valence electrons. The van der Waals surface area contributed by atoms with Crippen LogP contribution in [-0.4, -0.2) is 24.0 Å². The van der Waals surface area contributed by atoms with E-state index in [0.29, 0.717) is 0 Å². The van der Waals surface area contributed by atoms with Gasteiger partial charge in [-0.05, 0) is 65.9 Å². The van der Waals surface area contributed by atoms with Crippen LogP contribution in [0.4, 0.5) is 0 Å². The van der Waals surface area contributed by atoms with Gasteiger partial charge in [0.25, 0.3) is 0 Å². The molecule has 1 aromatic heterocycles. The minimum absolute atomic E-state index is 0.148. The summed E-state index contributed by atoms with van der Waals surface area (Å²) in [6.07, 6.45) is 0. The molecule has 1 aromatic carbocycles. The highest BCUT2D eigenvalue weighted by Crippen LogP contribution is 2.33. The third-order valence-corrected chi connectivity index (χ3v) is 4.21. The molecule has 1 N–H and O–H groups in total. The first-order valence-electron chi connectivity index (χ1n) is 8.46. The Hall–Kier alpha value is -1.54. The normalized spacial score (nSPS) is 12.9. The second kappa shape index (κ2) is 6.16. The second-order valence-corrected chi connectivity index (χ2v) is 8.93. The summed E-state index contributed by atoms with van der Waals surface area (Å²) in [6.45, 7) is 14.6. The largest absolute Gasteiger partial charge is 0.357 e. The average molecular weight is 313 g/mol. The Kier molecular flexibility index (Phi) is 4.77. The van der Waals surface area contributed by atoms with Crippen LogP contribution in [-0.2, 0) is 17.4 Å². The minimum Gasteiger partial charge on any atom is -0.357 e. The zero-order chi connectivity index (χ0) is 17.4. The molecule has 2 rings (SSSR count). The number of nitrogens with zero attached hydrogens (tertiary/aromatic N) is 1. The Morgan fingerprint density at radius 2 is 1.35 bits per heavy atom. The van der Waals surface area contributed by atoms with Crippen molar-refractivity contribution >= 4 is 0 Å². The van der Waals surface area contributed by atoms with E-state index >= 15 is 0 Å². The highest BCUT2D eigenvalue weighted by atomic mass is 15.1. The molecule has 0 atom stereocenters. The van der Waals surface area contributed by atoms with Crippen LogP contribution in [0.2, 0.25) is 0 Å². The van der Waals surface area contributed by atoms with E-state index in [1.165, 1.54) is 28.1 Å². The fourth-order valence-corrected chi connectivity index (χ4v) is 2.69. The molecule has 0 aliphatic carbocycles. The SMILES string of the molecule is CN(C)Cc1ccc(-c2cc(C(C)(C)C)cc(C(C)(C)C)c2)[nH]1. The van der Waals surface area contributed by atoms with Gasteiger partial charge in [-0.3, -0.25) is 0 Å². The van der Waals surface area contributed by atoms with Crippen molar-refractivity contribution in [1.29, 1.82) is 0 Å². The van der Waals surface area contributed by atoms with Crippen molar-refractivity contribution in [1.82, 2.24) is 9.88 Å². The molecule has 0 bridgehead atoms. The average Bonchev–Trinajstić information content (AvgIpc) is 2.83. The Morgan fingerprint density at radius 1 is 0.826 bits per heavy atom. The Labute approximate surface area is 141 Å². The smallest absolute Gasteiger partial charge is 0.0456 e. The molecular weight excluding hydrogens is 280 g/mol. The maximum absolute atomic E-state index is 3.58. The number of hydrogen-bond donors (Lipinski definition) is 1. The van der Waals surface area contributed by atoms with E-state index in [4.69, 9.17) is 0 Å². The van der Waals surface area contributed by atoms with E-state index in [0.717, 1.165) is 6.54 Å². The summed E-state index contributed by atoms with van der Waals surface area (Å²) in [5.74, 6) is 0. The maximum atomic E-state index is 3.58. The van der Waals surface area contributed by atoms with Crippen molar-refractivity contribution in [3.63, 3.8) is 0 Å². The molecule has 0 amide bonds. The summed E-state index contributed by atoms with van der Waals surface area (Å²) in [5.41, 5.74) is 6.83. The van der Waals surface area contributed by atoms with Gasteiger partial charge in [-0.2, -0.15) is 0 Å². The lowest BCUT2D eigenvalue weighted by atomic mass is 9.79. The molecule has 2 heteroatoms. The first-order valence-corrected chi connectivity index (χ1v) is 8.46. The van der Waals surface area contributed by atoms with Crippen molar-refractivity contribution in [3.05, 3.63) is 47.2 Å². The molecule has 0 unspecified atom stereocenters. The van der Waals surface area contributed by atoms with E-state index < -0.39 is 0 Å². The fraction of sp³-hybridized carbons (Fsp3) is 0.524. The second-order valence-electron chi connectivity index (χ2n) is 8.93. The highest BCUT2D eigenvalue weighted by molar-refractivity contribution is 5.63. The van der Waals surface area contributed by atoms with Crippen LogP contribution in [0, 0.1) is 0 Å². The topological polar surface area (TPSA) is 19.0 Å². The summed E-state index contributed by atoms with van der Waals surface area (Å²) >= 11 is 0. The van der Waals surface area contributed by atoms with Gasteiger partial charge >= 0.3 is 0 Å². The number of H-pyrrole nitrogens is 1. The van der Waals surface area contributed by atoms with Crippen molar-refractivity contribution in [3.8, 4) is 11.3 Å². The van der Waals surface area contributed by atoms with E-state index in [1.54, 1.807) is 0 Å². The number of nitrogens with one attached hydrogen (secondary N) is 1. The van der Waals surface area contributed by atoms with E-state index in [2.05, 4.69) is 95.9 Å². The van der Waals surface area contributed by atoms with Crippen LogP contribution < -0.4 is 0 Å². The van der Waals surface area contributed by atoms with Crippen molar-refractivity contribution in [2.24, 2.45) is 0 Å². The Morgan fingerprint density at radius 3 is 1.78 bits per heavy atom. The van der Waals surface area contributed by atoms with Gasteiger partial charge in [0.2, 0.25) is 0 Å². The van der Waals surface area contributed by atoms with E-state index in [9.17, 15) is 0 Å². The lowest BCUT2D eigenvalue weighted by Gasteiger charge is -2.26. The predicted molar refractivity (Wildman–Crippen MR) is 101 cm³/mol. The third kappa shape index (κ3) is 4.48. The molecule has 0 saturated heterocycles. The Bertz CT molecular complexity index is 632. The van der Waals surface area contributed by atoms with Crippen molar-refractivity contribution < 1.29 is 0 Å². The number of aromatic nitrogens is 1. The minimum atomic E-state index is 0.148. The van der Waals surface area contributed by atoms with Crippen LogP contribution >= 0.6 is 0 Å². The van der Waals surface area contributed by atoms with E-state index in [-0.39, 0.29) is 10.8 Å². The fourth-order valence-electron chi connectivity index (χ4n) is 2.69. The van der Waals surface area contributed by atoms with Crippen LogP contribution in [0.5, 0.6) is 0 Å². The van der Waals surface area contributed by atoms with Gasteiger partial charge in [0.15, 0.2) is 0 Å². The maximum Gasteiger partial charge on any atom is 0.0456 e. The third-order valence-electron chi connectivity index (χ3n) is 4.21. The first kappa shape index (κ1) is 17.8. The summed E-state index contributed by atoms with van der Waals surface area (Å²) in [7, 11) is 4.19. The van der Waals surface area contributed by atoms with Gasteiger partial charge in [0.1, 0.15) is 0 Å². The molecule has 1 heterocycles. The molecule has 2 nitrogen and oxygen atoms in total. The number of aromatic amines is 1. The zero-order valence-corrected chi connectivity index (χ0v) is 16.0. The molecule has 0 saturated carbocycles. The monoisotopic (exact) mass is 312 g/mol. The summed E-state index contributed by atoms with van der Waals surface area (Å²) in [6, 6.07) is 11.4. The molecule has 0 fully saturated rings. The predicted octanol–water partition coefficient (Wildman–Crippen LogP) is 5.34. The van der Waals surface area contributed by atoms with Crippen LogP contribution in [0.25, 0.3) is 11.3 Å². The Balaban J connectivity index is 2.51. The van der Waals surface area contributed by atoms with Crippen molar-refractivity contribution in [2.75, 3.05) is 14.1 Å². The lowest BCUT2D eigenvalue weighted by Crippen LogP contribution is -2.16. The van der Waals surface area contributed by atoms with Gasteiger partial charge in [-0.25, -0.2) is 0 Å². The molecule has 0 radical (unpaired) electrons. The van der Waals surface area contributed by atoms with Crippen LogP contribution in [0.15, 0.2) is 30.3 Å². The van der Waals surface area contributed by atoms with Gasteiger partial charge in [0.05, 0.1) is 0 Å². The summed E-state index contributed by atoms with van der Waals surface area (Å²) in [4.78, 5) is 5.76. The molecule has 0 aliphatic heterocycles. The number of hydrogen-bond acceptors (Lipinski definition) is 1. The number of benzene rings is 1. The van der Waals surface area contributed by atoms with Crippen LogP contribution in [0.3, 0.4) is 0 Å². The van der Waals surface area contributed by atoms with E-state index in [1.807, 2.05) is 0 Å². The quantitative estimate of drug-likeness (QED) is 0.810. The van der Waals surface area contributed by atoms with Gasteiger partial charge < -0.3 is 9.88 Å². The summed E-state index contributed by atoms with van der Waals surface area (Å²) < 4.78 is 0. The van der Waals surface area contributed by atoms with Gasteiger partial charge in [0, 0.05) is 17.9 Å². The molecule has 0 aliphatic rings. The number of rotatable bonds is 3. The standard InChI is InChI=1S/C21H32N2/c1-20(2,3)16-11-15(12-17(13-16)21(4,5)6)19-10-9-18(22-19)14-23(7)8/h9-13,22H,14H2,1-8H3. The van der Waals surface area contributed by atoms with Gasteiger partial charge in [-0.15, -0.1) is 0 Å². The van der Waals surface area contributed by atoms with Gasteiger partial charge in [-0.1, -0.05) is 47.6 Å². The molecule has 0 spiro atoms. The lowest BCUT2D eigenvalue weighted by molar-refractivity contribution is 0.398. The first-order chi connectivity index (χ1) is 10.5. The molecule has 2 aromatic rings.